The smallest absolute Gasteiger partial charge is 0.255 e. The summed E-state index contributed by atoms with van der Waals surface area (Å²) in [6.45, 7) is 0.520. The predicted octanol–water partition coefficient (Wildman–Crippen LogP) is 4.50. The number of methoxy groups -OCH3 is 1. The van der Waals surface area contributed by atoms with Gasteiger partial charge in [0.15, 0.2) is 0 Å². The number of nitrogens with zero attached hydrogens (tertiary/aromatic N) is 2. The first-order valence-electron chi connectivity index (χ1n) is 10.1. The summed E-state index contributed by atoms with van der Waals surface area (Å²) in [7, 11) is 1.58. The molecule has 0 aliphatic heterocycles. The zero-order valence-electron chi connectivity index (χ0n) is 17.5. The lowest BCUT2D eigenvalue weighted by Crippen LogP contribution is -2.28. The second kappa shape index (κ2) is 9.78. The molecule has 0 radical (unpaired) electrons. The molecule has 0 aliphatic rings. The minimum atomic E-state index is -0.329. The zero-order valence-corrected chi connectivity index (χ0v) is 17.5. The van der Waals surface area contributed by atoms with Gasteiger partial charge >= 0.3 is 0 Å². The normalized spacial score (nSPS) is 10.6. The van der Waals surface area contributed by atoms with E-state index in [1.165, 1.54) is 12.1 Å². The van der Waals surface area contributed by atoms with Crippen molar-refractivity contribution in [1.82, 2.24) is 15.1 Å². The second-order valence-corrected chi connectivity index (χ2v) is 6.93. The third kappa shape index (κ3) is 4.78. The number of hydrogen-bond acceptors (Lipinski definition) is 4. The van der Waals surface area contributed by atoms with Gasteiger partial charge in [0.05, 0.1) is 24.9 Å². The van der Waals surface area contributed by atoms with Crippen LogP contribution in [0.3, 0.4) is 0 Å². The highest BCUT2D eigenvalue weighted by Gasteiger charge is 2.21. The molecule has 4 rings (SSSR count). The van der Waals surface area contributed by atoms with Crippen molar-refractivity contribution in [1.29, 1.82) is 0 Å². The molecule has 0 unspecified atom stereocenters. The molecule has 6 nitrogen and oxygen atoms in total. The number of amides is 1. The van der Waals surface area contributed by atoms with Crippen LogP contribution in [0, 0.1) is 5.82 Å². The van der Waals surface area contributed by atoms with Crippen molar-refractivity contribution >= 4 is 5.91 Å². The Kier molecular flexibility index (Phi) is 6.46. The molecule has 3 aromatic carbocycles. The number of hydrogen-bond donors (Lipinski definition) is 1. The van der Waals surface area contributed by atoms with Crippen molar-refractivity contribution in [2.75, 3.05) is 20.3 Å². The predicted molar refractivity (Wildman–Crippen MR) is 120 cm³/mol. The number of rotatable bonds is 8. The van der Waals surface area contributed by atoms with Crippen LogP contribution in [-0.4, -0.2) is 35.9 Å². The topological polar surface area (TPSA) is 65.4 Å². The molecule has 4 aromatic rings. The van der Waals surface area contributed by atoms with E-state index in [0.717, 1.165) is 11.3 Å². The lowest BCUT2D eigenvalue weighted by atomic mass is 10.1. The summed E-state index contributed by atoms with van der Waals surface area (Å²) in [5.74, 6) is 0.549. The molecule has 0 aliphatic carbocycles. The zero-order chi connectivity index (χ0) is 22.3. The minimum Gasteiger partial charge on any atom is -0.496 e. The van der Waals surface area contributed by atoms with Crippen LogP contribution in [0.2, 0.25) is 0 Å². The number of aromatic nitrogens is 2. The summed E-state index contributed by atoms with van der Waals surface area (Å²) in [6, 6.07) is 22.7. The molecular formula is C25H22FN3O3. The Balaban J connectivity index is 1.55. The first-order chi connectivity index (χ1) is 15.7. The van der Waals surface area contributed by atoms with Crippen molar-refractivity contribution in [2.24, 2.45) is 0 Å². The molecule has 162 valence electrons. The van der Waals surface area contributed by atoms with Crippen LogP contribution in [-0.2, 0) is 0 Å². The van der Waals surface area contributed by atoms with Gasteiger partial charge in [0.1, 0.15) is 29.6 Å². The van der Waals surface area contributed by atoms with E-state index in [0.29, 0.717) is 22.8 Å². The summed E-state index contributed by atoms with van der Waals surface area (Å²) in [5.41, 5.74) is 2.49. The second-order valence-electron chi connectivity index (χ2n) is 6.93. The fourth-order valence-corrected chi connectivity index (χ4v) is 3.25. The summed E-state index contributed by atoms with van der Waals surface area (Å²) < 4.78 is 25.7. The van der Waals surface area contributed by atoms with Crippen molar-refractivity contribution in [3.05, 3.63) is 96.4 Å². The molecule has 0 spiro atoms. The number of benzene rings is 3. The Morgan fingerprint density at radius 2 is 1.72 bits per heavy atom. The highest BCUT2D eigenvalue weighted by atomic mass is 19.1. The summed E-state index contributed by atoms with van der Waals surface area (Å²) in [5, 5.41) is 7.53. The van der Waals surface area contributed by atoms with Gasteiger partial charge < -0.3 is 14.8 Å². The van der Waals surface area contributed by atoms with E-state index in [-0.39, 0.29) is 24.9 Å². The minimum absolute atomic E-state index is 0.244. The van der Waals surface area contributed by atoms with Crippen LogP contribution in [0.5, 0.6) is 11.5 Å². The molecule has 1 aromatic heterocycles. The quantitative estimate of drug-likeness (QED) is 0.418. The Morgan fingerprint density at radius 3 is 2.47 bits per heavy atom. The van der Waals surface area contributed by atoms with Gasteiger partial charge in [-0.25, -0.2) is 9.07 Å². The van der Waals surface area contributed by atoms with Crippen molar-refractivity contribution in [2.45, 2.75) is 0 Å². The highest BCUT2D eigenvalue weighted by Crippen LogP contribution is 2.31. The van der Waals surface area contributed by atoms with E-state index >= 15 is 0 Å². The first kappa shape index (κ1) is 21.1. The highest BCUT2D eigenvalue weighted by molar-refractivity contribution is 6.00. The standard InChI is InChI=1S/C25H22FN3O3/c1-31-23-10-6-5-9-21(23)24-22(17-29(28-24)19-7-3-2-4-8-19)25(30)27-15-16-32-20-13-11-18(26)12-14-20/h2-14,17H,15-16H2,1H3,(H,27,30). The van der Waals surface area contributed by atoms with Gasteiger partial charge in [-0.15, -0.1) is 0 Å². The van der Waals surface area contributed by atoms with Crippen LogP contribution in [0.15, 0.2) is 85.1 Å². The number of para-hydroxylation sites is 2. The fourth-order valence-electron chi connectivity index (χ4n) is 3.25. The van der Waals surface area contributed by atoms with Gasteiger partial charge in [-0.1, -0.05) is 30.3 Å². The van der Waals surface area contributed by atoms with Crippen molar-refractivity contribution < 1.29 is 18.7 Å². The van der Waals surface area contributed by atoms with Crippen molar-refractivity contribution in [3.63, 3.8) is 0 Å². The van der Waals surface area contributed by atoms with E-state index in [1.807, 2.05) is 54.6 Å². The van der Waals surface area contributed by atoms with Gasteiger partial charge in [-0.05, 0) is 48.5 Å². The van der Waals surface area contributed by atoms with E-state index in [4.69, 9.17) is 9.47 Å². The number of ether oxygens (including phenoxy) is 2. The molecule has 0 atom stereocenters. The third-order valence-corrected chi connectivity index (χ3v) is 4.81. The lowest BCUT2D eigenvalue weighted by molar-refractivity contribution is 0.0947. The molecular weight excluding hydrogens is 409 g/mol. The van der Waals surface area contributed by atoms with Gasteiger partial charge in [-0.3, -0.25) is 4.79 Å². The number of nitrogens with one attached hydrogen (secondary N) is 1. The molecule has 1 N–H and O–H groups in total. The molecule has 1 amide bonds. The van der Waals surface area contributed by atoms with E-state index in [1.54, 1.807) is 30.1 Å². The number of carbonyl (C=O) groups is 1. The van der Waals surface area contributed by atoms with Crippen molar-refractivity contribution in [3.8, 4) is 28.4 Å². The SMILES string of the molecule is COc1ccccc1-c1nn(-c2ccccc2)cc1C(=O)NCCOc1ccc(F)cc1. The van der Waals surface area contributed by atoms with Crippen LogP contribution in [0.4, 0.5) is 4.39 Å². The Bertz CT molecular complexity index is 1190. The monoisotopic (exact) mass is 431 g/mol. The van der Waals surface area contributed by atoms with Crippen LogP contribution in [0.25, 0.3) is 16.9 Å². The van der Waals surface area contributed by atoms with Gasteiger partial charge in [0, 0.05) is 11.8 Å². The number of carbonyl (C=O) groups excluding carboxylic acids is 1. The van der Waals surface area contributed by atoms with Crippen LogP contribution < -0.4 is 14.8 Å². The van der Waals surface area contributed by atoms with Gasteiger partial charge in [0.25, 0.3) is 5.91 Å². The van der Waals surface area contributed by atoms with Crippen LogP contribution in [0.1, 0.15) is 10.4 Å². The molecule has 1 heterocycles. The van der Waals surface area contributed by atoms with E-state index in [9.17, 15) is 9.18 Å². The molecule has 32 heavy (non-hydrogen) atoms. The first-order valence-corrected chi connectivity index (χ1v) is 10.1. The van der Waals surface area contributed by atoms with E-state index in [2.05, 4.69) is 10.4 Å². The van der Waals surface area contributed by atoms with Crippen LogP contribution >= 0.6 is 0 Å². The molecule has 0 bridgehead atoms. The Labute approximate surface area is 185 Å². The fraction of sp³-hybridized carbons (Fsp3) is 0.120. The Morgan fingerprint density at radius 1 is 1.00 bits per heavy atom. The third-order valence-electron chi connectivity index (χ3n) is 4.81. The number of halogens is 1. The maximum Gasteiger partial charge on any atom is 0.255 e. The summed E-state index contributed by atoms with van der Waals surface area (Å²) in [6.07, 6.45) is 1.70. The molecule has 0 fully saturated rings. The average molecular weight is 431 g/mol. The molecule has 7 heteroatoms. The molecule has 0 saturated carbocycles. The molecule has 0 saturated heterocycles. The average Bonchev–Trinajstić information content (AvgIpc) is 3.29. The largest absolute Gasteiger partial charge is 0.496 e. The summed E-state index contributed by atoms with van der Waals surface area (Å²) >= 11 is 0. The van der Waals surface area contributed by atoms with Gasteiger partial charge in [0.2, 0.25) is 0 Å². The maximum atomic E-state index is 13.0. The Hall–Kier alpha value is -4.13. The van der Waals surface area contributed by atoms with E-state index < -0.39 is 0 Å². The van der Waals surface area contributed by atoms with Gasteiger partial charge in [-0.2, -0.15) is 5.10 Å². The summed E-state index contributed by atoms with van der Waals surface area (Å²) in [4.78, 5) is 13.0. The maximum absolute atomic E-state index is 13.0. The lowest BCUT2D eigenvalue weighted by Gasteiger charge is -2.09.